The van der Waals surface area contributed by atoms with Crippen molar-refractivity contribution in [2.45, 2.75) is 38.3 Å². The number of nitrogens with zero attached hydrogens (tertiary/aromatic N) is 1. The lowest BCUT2D eigenvalue weighted by Gasteiger charge is -2.21. The molecule has 1 atom stereocenters. The maximum atomic E-state index is 3.73. The van der Waals surface area contributed by atoms with Crippen LogP contribution in [0.5, 0.6) is 0 Å². The van der Waals surface area contributed by atoms with Crippen molar-refractivity contribution in [1.82, 2.24) is 5.32 Å². The molecule has 2 aliphatic rings. The summed E-state index contributed by atoms with van der Waals surface area (Å²) in [7, 11) is 0. The second-order valence-corrected chi connectivity index (χ2v) is 6.07. The third-order valence-corrected chi connectivity index (χ3v) is 4.78. The summed E-state index contributed by atoms with van der Waals surface area (Å²) in [5, 5.41) is 3.73. The van der Waals surface area contributed by atoms with Crippen LogP contribution in [0.15, 0.2) is 22.7 Å². The maximum absolute atomic E-state index is 3.73. The van der Waals surface area contributed by atoms with Gasteiger partial charge < -0.3 is 10.2 Å². The predicted octanol–water partition coefficient (Wildman–Crippen LogP) is 3.09. The van der Waals surface area contributed by atoms with Crippen molar-refractivity contribution in [2.75, 3.05) is 18.0 Å². The van der Waals surface area contributed by atoms with Crippen molar-refractivity contribution in [3.63, 3.8) is 0 Å². The zero-order valence-corrected chi connectivity index (χ0v) is 11.8. The van der Waals surface area contributed by atoms with Crippen LogP contribution in [0.3, 0.4) is 0 Å². The molecule has 1 aliphatic heterocycles. The topological polar surface area (TPSA) is 15.3 Å². The van der Waals surface area contributed by atoms with E-state index in [1.54, 1.807) is 0 Å². The SMILES string of the molecule is Cc1cccc(N2CCC(NC3CC3)C2)c1Br. The molecule has 1 heterocycles. The van der Waals surface area contributed by atoms with Crippen molar-refractivity contribution in [3.05, 3.63) is 28.2 Å². The Hall–Kier alpha value is -0.540. The molecule has 0 amide bonds. The highest BCUT2D eigenvalue weighted by Gasteiger charge is 2.29. The Morgan fingerprint density at radius 2 is 2.06 bits per heavy atom. The molecule has 1 aromatic carbocycles. The van der Waals surface area contributed by atoms with Gasteiger partial charge in [0, 0.05) is 29.6 Å². The number of halogens is 1. The lowest BCUT2D eigenvalue weighted by molar-refractivity contribution is 0.548. The molecule has 0 bridgehead atoms. The third kappa shape index (κ3) is 2.50. The third-order valence-electron chi connectivity index (χ3n) is 3.75. The molecule has 1 saturated heterocycles. The van der Waals surface area contributed by atoms with Gasteiger partial charge >= 0.3 is 0 Å². The molecule has 17 heavy (non-hydrogen) atoms. The molecule has 1 aromatic rings. The smallest absolute Gasteiger partial charge is 0.0513 e. The van der Waals surface area contributed by atoms with Crippen LogP contribution in [0.1, 0.15) is 24.8 Å². The van der Waals surface area contributed by atoms with Crippen molar-refractivity contribution in [1.29, 1.82) is 0 Å². The van der Waals surface area contributed by atoms with Crippen LogP contribution in [0.4, 0.5) is 5.69 Å². The number of rotatable bonds is 3. The van der Waals surface area contributed by atoms with Gasteiger partial charge in [0.15, 0.2) is 0 Å². The summed E-state index contributed by atoms with van der Waals surface area (Å²) in [5.41, 5.74) is 2.67. The van der Waals surface area contributed by atoms with Crippen LogP contribution in [0.25, 0.3) is 0 Å². The van der Waals surface area contributed by atoms with Gasteiger partial charge in [0.2, 0.25) is 0 Å². The molecule has 1 aliphatic carbocycles. The van der Waals surface area contributed by atoms with E-state index in [1.807, 2.05) is 0 Å². The van der Waals surface area contributed by atoms with Crippen molar-refractivity contribution >= 4 is 21.6 Å². The van der Waals surface area contributed by atoms with Crippen LogP contribution >= 0.6 is 15.9 Å². The second-order valence-electron chi connectivity index (χ2n) is 5.28. The Kier molecular flexibility index (Phi) is 3.14. The lowest BCUT2D eigenvalue weighted by atomic mass is 10.2. The molecule has 0 spiro atoms. The largest absolute Gasteiger partial charge is 0.369 e. The van der Waals surface area contributed by atoms with E-state index in [0.717, 1.165) is 12.6 Å². The zero-order valence-electron chi connectivity index (χ0n) is 10.2. The number of benzene rings is 1. The van der Waals surface area contributed by atoms with Gasteiger partial charge in [-0.05, 0) is 53.7 Å². The molecule has 3 rings (SSSR count). The van der Waals surface area contributed by atoms with E-state index in [9.17, 15) is 0 Å². The summed E-state index contributed by atoms with van der Waals surface area (Å²) in [6.45, 7) is 4.48. The Bertz CT molecular complexity index is 415. The van der Waals surface area contributed by atoms with E-state index in [1.165, 1.54) is 41.5 Å². The fourth-order valence-electron chi connectivity index (χ4n) is 2.57. The Morgan fingerprint density at radius 3 is 2.82 bits per heavy atom. The minimum Gasteiger partial charge on any atom is -0.369 e. The van der Waals surface area contributed by atoms with Crippen molar-refractivity contribution in [2.24, 2.45) is 0 Å². The molecule has 0 radical (unpaired) electrons. The number of aryl methyl sites for hydroxylation is 1. The van der Waals surface area contributed by atoms with Crippen molar-refractivity contribution < 1.29 is 0 Å². The first-order valence-corrected chi connectivity index (χ1v) is 7.29. The molecule has 1 saturated carbocycles. The Morgan fingerprint density at radius 1 is 1.24 bits per heavy atom. The fraction of sp³-hybridized carbons (Fsp3) is 0.571. The quantitative estimate of drug-likeness (QED) is 0.922. The highest BCUT2D eigenvalue weighted by atomic mass is 79.9. The lowest BCUT2D eigenvalue weighted by Crippen LogP contribution is -2.34. The van der Waals surface area contributed by atoms with Gasteiger partial charge in [-0.25, -0.2) is 0 Å². The van der Waals surface area contributed by atoms with Gasteiger partial charge in [-0.2, -0.15) is 0 Å². The fourth-order valence-corrected chi connectivity index (χ4v) is 3.09. The summed E-state index contributed by atoms with van der Waals surface area (Å²) < 4.78 is 1.26. The number of nitrogens with one attached hydrogen (secondary N) is 1. The number of hydrogen-bond acceptors (Lipinski definition) is 2. The standard InChI is InChI=1S/C14H19BrN2/c1-10-3-2-4-13(14(10)15)17-8-7-12(9-17)16-11-5-6-11/h2-4,11-12,16H,5-9H2,1H3. The molecule has 3 heteroatoms. The first-order valence-electron chi connectivity index (χ1n) is 6.50. The molecule has 0 aromatic heterocycles. The Balaban J connectivity index is 1.70. The molecular weight excluding hydrogens is 276 g/mol. The van der Waals surface area contributed by atoms with Gasteiger partial charge in [-0.1, -0.05) is 12.1 Å². The van der Waals surface area contributed by atoms with Gasteiger partial charge in [0.05, 0.1) is 5.69 Å². The molecule has 2 fully saturated rings. The molecule has 1 unspecified atom stereocenters. The van der Waals surface area contributed by atoms with Crippen LogP contribution in [0.2, 0.25) is 0 Å². The first kappa shape index (κ1) is 11.5. The summed E-state index contributed by atoms with van der Waals surface area (Å²) in [6.07, 6.45) is 4.03. The second kappa shape index (κ2) is 4.62. The van der Waals surface area contributed by atoms with E-state index in [4.69, 9.17) is 0 Å². The van der Waals surface area contributed by atoms with Crippen LogP contribution < -0.4 is 10.2 Å². The van der Waals surface area contributed by atoms with Crippen LogP contribution in [0, 0.1) is 6.92 Å². The molecule has 1 N–H and O–H groups in total. The number of anilines is 1. The minimum atomic E-state index is 0.690. The zero-order chi connectivity index (χ0) is 11.8. The van der Waals surface area contributed by atoms with Crippen LogP contribution in [-0.2, 0) is 0 Å². The summed E-state index contributed by atoms with van der Waals surface area (Å²) in [4.78, 5) is 2.50. The molecule has 92 valence electrons. The van der Waals surface area contributed by atoms with Gasteiger partial charge in [-0.15, -0.1) is 0 Å². The van der Waals surface area contributed by atoms with Gasteiger partial charge in [0.1, 0.15) is 0 Å². The molecular formula is C14H19BrN2. The van der Waals surface area contributed by atoms with Gasteiger partial charge in [-0.3, -0.25) is 0 Å². The number of hydrogen-bond donors (Lipinski definition) is 1. The van der Waals surface area contributed by atoms with E-state index >= 15 is 0 Å². The van der Waals surface area contributed by atoms with Crippen LogP contribution in [-0.4, -0.2) is 25.2 Å². The van der Waals surface area contributed by atoms with E-state index in [2.05, 4.69) is 51.3 Å². The Labute approximate surface area is 112 Å². The predicted molar refractivity (Wildman–Crippen MR) is 75.7 cm³/mol. The summed E-state index contributed by atoms with van der Waals surface area (Å²) in [5.74, 6) is 0. The monoisotopic (exact) mass is 294 g/mol. The van der Waals surface area contributed by atoms with Gasteiger partial charge in [0.25, 0.3) is 0 Å². The summed E-state index contributed by atoms with van der Waals surface area (Å²) in [6, 6.07) is 8.04. The maximum Gasteiger partial charge on any atom is 0.0513 e. The van der Waals surface area contributed by atoms with E-state index < -0.39 is 0 Å². The average molecular weight is 295 g/mol. The van der Waals surface area contributed by atoms with E-state index in [-0.39, 0.29) is 0 Å². The normalized spacial score (nSPS) is 24.4. The highest BCUT2D eigenvalue weighted by molar-refractivity contribution is 9.10. The highest BCUT2D eigenvalue weighted by Crippen LogP contribution is 2.32. The average Bonchev–Trinajstić information content (AvgIpc) is 3.00. The summed E-state index contributed by atoms with van der Waals surface area (Å²) >= 11 is 3.71. The van der Waals surface area contributed by atoms with E-state index in [0.29, 0.717) is 6.04 Å². The first-order chi connectivity index (χ1) is 8.24. The minimum absolute atomic E-state index is 0.690. The molecule has 2 nitrogen and oxygen atoms in total. The van der Waals surface area contributed by atoms with Crippen molar-refractivity contribution in [3.8, 4) is 0 Å².